The first-order chi connectivity index (χ1) is 9.08. The van der Waals surface area contributed by atoms with E-state index in [2.05, 4.69) is 0 Å². The third-order valence-corrected chi connectivity index (χ3v) is 3.55. The van der Waals surface area contributed by atoms with Crippen LogP contribution in [0.2, 0.25) is 0 Å². The molecule has 19 heavy (non-hydrogen) atoms. The van der Waals surface area contributed by atoms with Crippen molar-refractivity contribution >= 4 is 5.97 Å². The maximum atomic E-state index is 11.5. The van der Waals surface area contributed by atoms with Crippen LogP contribution in [0.15, 0.2) is 12.1 Å². The van der Waals surface area contributed by atoms with Gasteiger partial charge in [0, 0.05) is 18.2 Å². The summed E-state index contributed by atoms with van der Waals surface area (Å²) in [6.45, 7) is 0.350. The van der Waals surface area contributed by atoms with Crippen LogP contribution in [-0.2, 0) is 21.6 Å². The largest absolute Gasteiger partial charge is 0.497 e. The highest BCUT2D eigenvalue weighted by Gasteiger charge is 2.53. The van der Waals surface area contributed by atoms with Crippen LogP contribution in [0.3, 0.4) is 0 Å². The molecule has 0 saturated heterocycles. The first-order valence-corrected chi connectivity index (χ1v) is 6.06. The maximum absolute atomic E-state index is 11.5. The van der Waals surface area contributed by atoms with E-state index in [9.17, 15) is 9.90 Å². The Kier molecular flexibility index (Phi) is 3.66. The Morgan fingerprint density at radius 1 is 1.26 bits per heavy atom. The minimum Gasteiger partial charge on any atom is -0.497 e. The van der Waals surface area contributed by atoms with Gasteiger partial charge >= 0.3 is 5.97 Å². The summed E-state index contributed by atoms with van der Waals surface area (Å²) in [5.74, 6) is 0.389. The van der Waals surface area contributed by atoms with Crippen LogP contribution in [0, 0.1) is 0 Å². The molecule has 5 nitrogen and oxygen atoms in total. The fourth-order valence-electron chi connectivity index (χ4n) is 2.36. The standard InChI is InChI=1S/C14H18O5/c1-17-8-9-6-10(18-2)7-11(12(9)19-3)14(4-5-14)13(15)16/h6-7H,4-5,8H2,1-3H3,(H,15,16). The summed E-state index contributed by atoms with van der Waals surface area (Å²) in [6.07, 6.45) is 1.25. The van der Waals surface area contributed by atoms with Gasteiger partial charge in [-0.05, 0) is 25.0 Å². The van der Waals surface area contributed by atoms with Crippen LogP contribution in [0.25, 0.3) is 0 Å². The second-order valence-corrected chi connectivity index (χ2v) is 4.69. The second-order valence-electron chi connectivity index (χ2n) is 4.69. The van der Waals surface area contributed by atoms with Crippen molar-refractivity contribution in [3.05, 3.63) is 23.3 Å². The molecule has 1 N–H and O–H groups in total. The van der Waals surface area contributed by atoms with Crippen molar-refractivity contribution in [2.75, 3.05) is 21.3 Å². The topological polar surface area (TPSA) is 65.0 Å². The van der Waals surface area contributed by atoms with Gasteiger partial charge in [0.1, 0.15) is 11.5 Å². The minimum atomic E-state index is -0.831. The molecular formula is C14H18O5. The lowest BCUT2D eigenvalue weighted by atomic mass is 9.92. The molecule has 0 aliphatic heterocycles. The van der Waals surface area contributed by atoms with E-state index >= 15 is 0 Å². The van der Waals surface area contributed by atoms with E-state index in [-0.39, 0.29) is 0 Å². The number of carboxylic acid groups (broad SMARTS) is 1. The van der Waals surface area contributed by atoms with E-state index in [1.807, 2.05) is 6.07 Å². The van der Waals surface area contributed by atoms with Crippen LogP contribution in [0.4, 0.5) is 0 Å². The van der Waals surface area contributed by atoms with Crippen molar-refractivity contribution < 1.29 is 24.1 Å². The Morgan fingerprint density at radius 2 is 1.95 bits per heavy atom. The van der Waals surface area contributed by atoms with Gasteiger partial charge in [0.15, 0.2) is 0 Å². The molecule has 1 fully saturated rings. The van der Waals surface area contributed by atoms with Gasteiger partial charge in [-0.2, -0.15) is 0 Å². The molecule has 2 rings (SSSR count). The second kappa shape index (κ2) is 5.09. The van der Waals surface area contributed by atoms with Crippen LogP contribution in [0.1, 0.15) is 24.0 Å². The van der Waals surface area contributed by atoms with Gasteiger partial charge in [-0.25, -0.2) is 0 Å². The molecule has 104 valence electrons. The van der Waals surface area contributed by atoms with Gasteiger partial charge in [0.05, 0.1) is 26.2 Å². The summed E-state index contributed by atoms with van der Waals surface area (Å²) >= 11 is 0. The summed E-state index contributed by atoms with van der Waals surface area (Å²) in [5.41, 5.74) is 0.642. The molecule has 1 saturated carbocycles. The smallest absolute Gasteiger partial charge is 0.314 e. The quantitative estimate of drug-likeness (QED) is 0.852. The molecule has 1 aromatic rings. The molecule has 1 aliphatic carbocycles. The fraction of sp³-hybridized carbons (Fsp3) is 0.500. The normalized spacial score (nSPS) is 15.9. The van der Waals surface area contributed by atoms with Gasteiger partial charge in [-0.3, -0.25) is 4.79 Å². The van der Waals surface area contributed by atoms with Crippen molar-refractivity contribution in [3.8, 4) is 11.5 Å². The van der Waals surface area contributed by atoms with E-state index < -0.39 is 11.4 Å². The highest BCUT2D eigenvalue weighted by Crippen LogP contribution is 2.53. The molecule has 0 spiro atoms. The molecule has 0 atom stereocenters. The zero-order valence-electron chi connectivity index (χ0n) is 11.4. The van der Waals surface area contributed by atoms with Crippen molar-refractivity contribution in [2.24, 2.45) is 0 Å². The van der Waals surface area contributed by atoms with Gasteiger partial charge in [0.25, 0.3) is 0 Å². The van der Waals surface area contributed by atoms with Crippen LogP contribution >= 0.6 is 0 Å². The summed E-state index contributed by atoms with van der Waals surface area (Å²) in [4.78, 5) is 11.5. The van der Waals surface area contributed by atoms with E-state index in [0.717, 1.165) is 5.56 Å². The average Bonchev–Trinajstić information content (AvgIpc) is 3.19. The van der Waals surface area contributed by atoms with Gasteiger partial charge < -0.3 is 19.3 Å². The minimum absolute atomic E-state index is 0.350. The average molecular weight is 266 g/mol. The molecule has 0 heterocycles. The Morgan fingerprint density at radius 3 is 2.37 bits per heavy atom. The zero-order chi connectivity index (χ0) is 14.0. The summed E-state index contributed by atoms with van der Waals surface area (Å²) < 4.78 is 15.8. The Balaban J connectivity index is 2.58. The number of carbonyl (C=O) groups is 1. The molecule has 5 heteroatoms. The number of aliphatic carboxylic acids is 1. The molecule has 0 bridgehead atoms. The first-order valence-electron chi connectivity index (χ1n) is 6.06. The van der Waals surface area contributed by atoms with E-state index in [1.165, 1.54) is 0 Å². The molecule has 1 aromatic carbocycles. The van der Waals surface area contributed by atoms with Crippen molar-refractivity contribution in [1.29, 1.82) is 0 Å². The third-order valence-electron chi connectivity index (χ3n) is 3.55. The Labute approximate surface area is 112 Å². The van der Waals surface area contributed by atoms with E-state index in [1.54, 1.807) is 27.4 Å². The van der Waals surface area contributed by atoms with E-state index in [4.69, 9.17) is 14.2 Å². The summed E-state index contributed by atoms with van der Waals surface area (Å²) in [7, 11) is 4.69. The molecular weight excluding hydrogens is 248 g/mol. The summed E-state index contributed by atoms with van der Waals surface area (Å²) in [5, 5.41) is 9.43. The van der Waals surface area contributed by atoms with Crippen LogP contribution in [-0.4, -0.2) is 32.4 Å². The number of carboxylic acids is 1. The van der Waals surface area contributed by atoms with Gasteiger partial charge in [0.2, 0.25) is 0 Å². The predicted molar refractivity (Wildman–Crippen MR) is 68.8 cm³/mol. The van der Waals surface area contributed by atoms with Crippen LogP contribution in [0.5, 0.6) is 11.5 Å². The van der Waals surface area contributed by atoms with Crippen molar-refractivity contribution in [3.63, 3.8) is 0 Å². The molecule has 1 aliphatic rings. The maximum Gasteiger partial charge on any atom is 0.314 e. The monoisotopic (exact) mass is 266 g/mol. The summed E-state index contributed by atoms with van der Waals surface area (Å²) in [6, 6.07) is 3.56. The molecule has 0 radical (unpaired) electrons. The zero-order valence-corrected chi connectivity index (χ0v) is 11.4. The number of benzene rings is 1. The number of methoxy groups -OCH3 is 3. The lowest BCUT2D eigenvalue weighted by molar-refractivity contribution is -0.140. The lowest BCUT2D eigenvalue weighted by Crippen LogP contribution is -2.21. The van der Waals surface area contributed by atoms with Gasteiger partial charge in [-0.1, -0.05) is 0 Å². The Bertz CT molecular complexity index is 491. The predicted octanol–water partition coefficient (Wildman–Crippen LogP) is 1.97. The first kappa shape index (κ1) is 13.7. The van der Waals surface area contributed by atoms with Crippen molar-refractivity contribution in [2.45, 2.75) is 24.9 Å². The van der Waals surface area contributed by atoms with Gasteiger partial charge in [-0.15, -0.1) is 0 Å². The van der Waals surface area contributed by atoms with Crippen molar-refractivity contribution in [1.82, 2.24) is 0 Å². The number of rotatable bonds is 6. The van der Waals surface area contributed by atoms with Crippen LogP contribution < -0.4 is 9.47 Å². The number of hydrogen-bond acceptors (Lipinski definition) is 4. The van der Waals surface area contributed by atoms with E-state index in [0.29, 0.717) is 36.5 Å². The fourth-order valence-corrected chi connectivity index (χ4v) is 2.36. The number of ether oxygens (including phenoxy) is 3. The number of hydrogen-bond donors (Lipinski definition) is 1. The molecule has 0 unspecified atom stereocenters. The SMILES string of the molecule is COCc1cc(OC)cc(C2(C(=O)O)CC2)c1OC. The molecule has 0 aromatic heterocycles. The lowest BCUT2D eigenvalue weighted by Gasteiger charge is -2.19. The highest BCUT2D eigenvalue weighted by atomic mass is 16.5. The molecule has 0 amide bonds. The Hall–Kier alpha value is -1.75. The third kappa shape index (κ3) is 2.26. The highest BCUT2D eigenvalue weighted by molar-refractivity contribution is 5.86.